The first-order valence-electron chi connectivity index (χ1n) is 7.70. The molecular formula is C19H16ClN3O2. The van der Waals surface area contributed by atoms with Crippen molar-refractivity contribution in [3.05, 3.63) is 92.9 Å². The first-order valence-corrected chi connectivity index (χ1v) is 8.08. The van der Waals surface area contributed by atoms with Crippen molar-refractivity contribution in [2.75, 3.05) is 5.32 Å². The highest BCUT2D eigenvalue weighted by Crippen LogP contribution is 2.17. The molecule has 0 atom stereocenters. The van der Waals surface area contributed by atoms with Crippen molar-refractivity contribution in [2.24, 2.45) is 7.05 Å². The fourth-order valence-corrected chi connectivity index (χ4v) is 2.62. The van der Waals surface area contributed by atoms with Crippen LogP contribution in [0.15, 0.2) is 65.5 Å². The molecule has 0 saturated carbocycles. The van der Waals surface area contributed by atoms with Crippen LogP contribution in [-0.2, 0) is 13.5 Å². The first-order chi connectivity index (χ1) is 12.0. The number of aryl methyl sites for hydroxylation is 1. The molecule has 1 amide bonds. The number of rotatable bonds is 4. The van der Waals surface area contributed by atoms with Crippen LogP contribution in [0.4, 0.5) is 5.69 Å². The molecule has 0 spiro atoms. The molecule has 5 nitrogen and oxygen atoms in total. The minimum atomic E-state index is -0.363. The highest BCUT2D eigenvalue weighted by Gasteiger charge is 2.09. The van der Waals surface area contributed by atoms with Gasteiger partial charge in [-0.1, -0.05) is 35.9 Å². The van der Waals surface area contributed by atoms with Crippen LogP contribution < -0.4 is 10.9 Å². The van der Waals surface area contributed by atoms with Crippen molar-refractivity contribution in [1.29, 1.82) is 0 Å². The van der Waals surface area contributed by atoms with E-state index in [1.807, 2.05) is 48.5 Å². The Labute approximate surface area is 149 Å². The van der Waals surface area contributed by atoms with E-state index in [1.54, 1.807) is 0 Å². The van der Waals surface area contributed by atoms with Crippen molar-refractivity contribution in [2.45, 2.75) is 6.42 Å². The number of halogens is 1. The van der Waals surface area contributed by atoms with Crippen molar-refractivity contribution in [1.82, 2.24) is 9.78 Å². The zero-order chi connectivity index (χ0) is 17.8. The molecule has 0 bridgehead atoms. The standard InChI is InChI=1S/C19H16ClN3O2/c1-23-18(24)10-9-17(22-23)19(25)21-16-7-5-13(6-8-16)11-14-3-2-4-15(20)12-14/h2-10,12H,11H2,1H3,(H,21,25). The molecule has 0 unspecified atom stereocenters. The lowest BCUT2D eigenvalue weighted by Crippen LogP contribution is -2.23. The quantitative estimate of drug-likeness (QED) is 0.782. The molecule has 0 fully saturated rings. The van der Waals surface area contributed by atoms with Gasteiger partial charge in [0.25, 0.3) is 11.5 Å². The summed E-state index contributed by atoms with van der Waals surface area (Å²) in [5.74, 6) is -0.363. The van der Waals surface area contributed by atoms with Crippen molar-refractivity contribution >= 4 is 23.2 Å². The van der Waals surface area contributed by atoms with Crippen molar-refractivity contribution < 1.29 is 4.79 Å². The summed E-state index contributed by atoms with van der Waals surface area (Å²) in [6.07, 6.45) is 0.761. The second-order valence-corrected chi connectivity index (χ2v) is 6.07. The molecule has 0 aliphatic rings. The molecule has 6 heteroatoms. The number of hydrogen-bond acceptors (Lipinski definition) is 3. The minimum absolute atomic E-state index is 0.185. The molecule has 126 valence electrons. The van der Waals surface area contributed by atoms with Gasteiger partial charge in [-0.05, 0) is 47.9 Å². The van der Waals surface area contributed by atoms with Gasteiger partial charge in [-0.15, -0.1) is 0 Å². The summed E-state index contributed by atoms with van der Waals surface area (Å²) < 4.78 is 1.13. The number of hydrogen-bond donors (Lipinski definition) is 1. The maximum atomic E-state index is 12.2. The Morgan fingerprint density at radius 2 is 1.84 bits per heavy atom. The highest BCUT2D eigenvalue weighted by atomic mass is 35.5. The van der Waals surface area contributed by atoms with Gasteiger partial charge in [-0.3, -0.25) is 9.59 Å². The molecule has 2 aromatic carbocycles. The highest BCUT2D eigenvalue weighted by molar-refractivity contribution is 6.30. The number of nitrogens with one attached hydrogen (secondary N) is 1. The Bertz CT molecular complexity index is 965. The van der Waals surface area contributed by atoms with Crippen LogP contribution in [0, 0.1) is 0 Å². The molecular weight excluding hydrogens is 338 g/mol. The summed E-state index contributed by atoms with van der Waals surface area (Å²) in [5, 5.41) is 7.41. The topological polar surface area (TPSA) is 64.0 Å². The predicted octanol–water partition coefficient (Wildman–Crippen LogP) is 3.28. The smallest absolute Gasteiger partial charge is 0.276 e. The van der Waals surface area contributed by atoms with E-state index in [-0.39, 0.29) is 17.2 Å². The lowest BCUT2D eigenvalue weighted by molar-refractivity contribution is 0.102. The maximum Gasteiger partial charge on any atom is 0.276 e. The predicted molar refractivity (Wildman–Crippen MR) is 98.1 cm³/mol. The summed E-state index contributed by atoms with van der Waals surface area (Å²) in [4.78, 5) is 23.5. The van der Waals surface area contributed by atoms with Crippen LogP contribution in [0.5, 0.6) is 0 Å². The van der Waals surface area contributed by atoms with Gasteiger partial charge in [0, 0.05) is 23.8 Å². The zero-order valence-corrected chi connectivity index (χ0v) is 14.3. The Balaban J connectivity index is 1.68. The van der Waals surface area contributed by atoms with Gasteiger partial charge in [0.15, 0.2) is 0 Å². The Hall–Kier alpha value is -2.92. The summed E-state index contributed by atoms with van der Waals surface area (Å²) in [6.45, 7) is 0. The van der Waals surface area contributed by atoms with Gasteiger partial charge >= 0.3 is 0 Å². The fraction of sp³-hybridized carbons (Fsp3) is 0.105. The number of carbonyl (C=O) groups is 1. The van der Waals surface area contributed by atoms with E-state index in [2.05, 4.69) is 10.4 Å². The molecule has 3 aromatic rings. The molecule has 1 aromatic heterocycles. The molecule has 0 saturated heterocycles. The number of anilines is 1. The second-order valence-electron chi connectivity index (χ2n) is 5.64. The molecule has 0 aliphatic carbocycles. The van der Waals surface area contributed by atoms with Crippen LogP contribution in [0.2, 0.25) is 5.02 Å². The van der Waals surface area contributed by atoms with Crippen LogP contribution in [0.3, 0.4) is 0 Å². The van der Waals surface area contributed by atoms with E-state index in [0.29, 0.717) is 10.7 Å². The number of benzene rings is 2. The zero-order valence-electron chi connectivity index (χ0n) is 13.6. The lowest BCUT2D eigenvalue weighted by atomic mass is 10.0. The summed E-state index contributed by atoms with van der Waals surface area (Å²) in [6, 6.07) is 18.0. The van der Waals surface area contributed by atoms with Crippen LogP contribution >= 0.6 is 11.6 Å². The van der Waals surface area contributed by atoms with E-state index in [0.717, 1.165) is 22.2 Å². The number of nitrogens with zero attached hydrogens (tertiary/aromatic N) is 2. The Kier molecular flexibility index (Phi) is 4.95. The van der Waals surface area contributed by atoms with Gasteiger partial charge in [0.2, 0.25) is 0 Å². The first kappa shape index (κ1) is 16.9. The summed E-state index contributed by atoms with van der Waals surface area (Å²) in [5.41, 5.74) is 2.82. The SMILES string of the molecule is Cn1nc(C(=O)Nc2ccc(Cc3cccc(Cl)c3)cc2)ccc1=O. The van der Waals surface area contributed by atoms with Crippen molar-refractivity contribution in [3.8, 4) is 0 Å². The number of carbonyl (C=O) groups excluding carboxylic acids is 1. The maximum absolute atomic E-state index is 12.2. The van der Waals surface area contributed by atoms with Gasteiger partial charge in [-0.25, -0.2) is 4.68 Å². The second kappa shape index (κ2) is 7.32. The summed E-state index contributed by atoms with van der Waals surface area (Å²) >= 11 is 6.00. The molecule has 0 radical (unpaired) electrons. The van der Waals surface area contributed by atoms with E-state index in [9.17, 15) is 9.59 Å². The third-order valence-electron chi connectivity index (χ3n) is 3.70. The average Bonchev–Trinajstić information content (AvgIpc) is 2.59. The third kappa shape index (κ3) is 4.33. The van der Waals surface area contributed by atoms with Crippen LogP contribution in [0.1, 0.15) is 21.6 Å². The van der Waals surface area contributed by atoms with E-state index in [1.165, 1.54) is 19.2 Å². The lowest BCUT2D eigenvalue weighted by Gasteiger charge is -2.07. The Morgan fingerprint density at radius 3 is 2.52 bits per heavy atom. The van der Waals surface area contributed by atoms with Crippen molar-refractivity contribution in [3.63, 3.8) is 0 Å². The number of aromatic nitrogens is 2. The van der Waals surface area contributed by atoms with Crippen LogP contribution in [-0.4, -0.2) is 15.7 Å². The van der Waals surface area contributed by atoms with E-state index < -0.39 is 0 Å². The molecule has 1 heterocycles. The van der Waals surface area contributed by atoms with Gasteiger partial charge < -0.3 is 5.32 Å². The molecule has 25 heavy (non-hydrogen) atoms. The molecule has 3 rings (SSSR count). The van der Waals surface area contributed by atoms with Gasteiger partial charge in [-0.2, -0.15) is 5.10 Å². The minimum Gasteiger partial charge on any atom is -0.321 e. The number of amides is 1. The third-order valence-corrected chi connectivity index (χ3v) is 3.94. The molecule has 0 aliphatic heterocycles. The molecule has 1 N–H and O–H groups in total. The largest absolute Gasteiger partial charge is 0.321 e. The van der Waals surface area contributed by atoms with E-state index in [4.69, 9.17) is 11.6 Å². The van der Waals surface area contributed by atoms with Gasteiger partial charge in [0.05, 0.1) is 0 Å². The summed E-state index contributed by atoms with van der Waals surface area (Å²) in [7, 11) is 1.50. The normalized spacial score (nSPS) is 10.5. The van der Waals surface area contributed by atoms with Gasteiger partial charge in [0.1, 0.15) is 5.69 Å². The van der Waals surface area contributed by atoms with Crippen LogP contribution in [0.25, 0.3) is 0 Å². The Morgan fingerprint density at radius 1 is 1.08 bits per heavy atom. The average molecular weight is 354 g/mol. The monoisotopic (exact) mass is 353 g/mol. The fourth-order valence-electron chi connectivity index (χ4n) is 2.41. The van der Waals surface area contributed by atoms with E-state index >= 15 is 0 Å².